The van der Waals surface area contributed by atoms with E-state index in [-0.39, 0.29) is 70.0 Å². The fraction of sp³-hybridized carbons (Fsp3) is 0.641. The molecule has 0 aromatic carbocycles. The van der Waals surface area contributed by atoms with Gasteiger partial charge in [0.25, 0.3) is 0 Å². The van der Waals surface area contributed by atoms with E-state index in [1.807, 2.05) is 6.92 Å². The van der Waals surface area contributed by atoms with Gasteiger partial charge in [0, 0.05) is 40.0 Å². The molecule has 0 aromatic heterocycles. The largest absolute Gasteiger partial charge is 0.466 e. The summed E-state index contributed by atoms with van der Waals surface area (Å²) in [7, 11) is 1.14. The molecule has 7 aliphatic carbocycles. The molecule has 0 unspecified atom stereocenters. The monoisotopic (exact) mass is 766 g/mol. The highest BCUT2D eigenvalue weighted by atomic mass is 17.1. The Labute approximate surface area is 314 Å². The minimum atomic E-state index is -1.93. The van der Waals surface area contributed by atoms with Crippen LogP contribution in [-0.4, -0.2) is 112 Å². The number of aliphatic hydroxyl groups is 3. The van der Waals surface area contributed by atoms with E-state index in [1.54, 1.807) is 0 Å². The Kier molecular flexibility index (Phi) is 7.72. The first kappa shape index (κ1) is 36.4. The van der Waals surface area contributed by atoms with Gasteiger partial charge in [0.2, 0.25) is 0 Å². The molecule has 2 bridgehead atoms. The molecule has 0 radical (unpaired) electrons. The summed E-state index contributed by atoms with van der Waals surface area (Å²) in [5.41, 5.74) is -5.55. The number of cyclic esters (lactones) is 3. The summed E-state index contributed by atoms with van der Waals surface area (Å²) in [6.07, 6.45) is -2.05. The number of ketones is 1. The van der Waals surface area contributed by atoms with E-state index in [4.69, 9.17) is 28.6 Å². The van der Waals surface area contributed by atoms with Gasteiger partial charge in [-0.25, -0.2) is 24.1 Å². The first-order valence-electron chi connectivity index (χ1n) is 18.6. The summed E-state index contributed by atoms with van der Waals surface area (Å²) in [5.74, 6) is -9.11. The van der Waals surface area contributed by atoms with E-state index in [1.165, 1.54) is 19.9 Å². The van der Waals surface area contributed by atoms with Gasteiger partial charge in [0.15, 0.2) is 17.5 Å². The van der Waals surface area contributed by atoms with Crippen molar-refractivity contribution in [1.82, 2.24) is 0 Å². The number of Topliss-reactive ketones (excluding diaryl/α,β-unsaturated/α-hetero) is 1. The van der Waals surface area contributed by atoms with Crippen molar-refractivity contribution in [2.75, 3.05) is 26.9 Å². The number of esters is 5. The molecule has 0 amide bonds. The number of aliphatic hydroxyl groups excluding tert-OH is 2. The van der Waals surface area contributed by atoms with Crippen LogP contribution in [0.1, 0.15) is 52.9 Å². The third-order valence-corrected chi connectivity index (χ3v) is 14.9. The van der Waals surface area contributed by atoms with Crippen LogP contribution in [0, 0.1) is 46.8 Å². The molecule has 5 fully saturated rings. The van der Waals surface area contributed by atoms with Crippen molar-refractivity contribution in [3.8, 4) is 0 Å². The molecule has 16 nitrogen and oxygen atoms in total. The molecule has 2 heterocycles. The molecule has 4 N–H and O–H groups in total. The van der Waals surface area contributed by atoms with Gasteiger partial charge in [-0.2, -0.15) is 0 Å². The topological polar surface area (TPSA) is 239 Å². The molecule has 1 spiro atoms. The summed E-state index contributed by atoms with van der Waals surface area (Å²) in [6, 6.07) is 0. The normalized spacial score (nSPS) is 46.4. The standard InChI is InChI=1S/C39H42O16/c1-14-5-6-51-35(47)22(40)10-25(41)52-12-17-19-9-23-36(3,20-8-21(20)37(23,48)13-53-32(14)44)24-11-38(55-49)18-7-16(18)27-28(38)29(39(19,24)54-34(17)46)26(30(42)31(27)43)15(2)33(45)50-4/h5,16,18,20-24,27,31,40,43,48-49H,6-13H2,1-4H3/t16-,18+,20-,21+,22+,23-,24+,27+,31-,36+,37+,38+,39+/m1/s1. The molecule has 9 aliphatic rings. The van der Waals surface area contributed by atoms with E-state index >= 15 is 0 Å². The SMILES string of the molecule is COC(=O)C(C)=C1C(=O)[C@H](O)[C@@H]2C3=C1[C@]14OC(=O)C5=C1C[C@H]1[C@](O)(COC(=O)C(C)=CCOC(=O)[C@@H](O)CC(=O)OC5)[C@H]5C[C@H]5[C@]1(C)[C@@H]4C[C@]3(OO)[C@H]1C[C@@H]21. The fourth-order valence-electron chi connectivity index (χ4n) is 12.4. The highest BCUT2D eigenvalue weighted by molar-refractivity contribution is 6.12. The van der Waals surface area contributed by atoms with Crippen molar-refractivity contribution >= 4 is 35.6 Å². The summed E-state index contributed by atoms with van der Waals surface area (Å²) >= 11 is 0. The van der Waals surface area contributed by atoms with Gasteiger partial charge >= 0.3 is 29.8 Å². The highest BCUT2D eigenvalue weighted by Gasteiger charge is 2.85. The van der Waals surface area contributed by atoms with Crippen molar-refractivity contribution in [3.05, 3.63) is 45.1 Å². The van der Waals surface area contributed by atoms with Crippen LogP contribution in [0.2, 0.25) is 0 Å². The predicted octanol–water partition coefficient (Wildman–Crippen LogP) is 0.570. The van der Waals surface area contributed by atoms with Gasteiger partial charge in [0.1, 0.15) is 37.1 Å². The molecule has 0 saturated heterocycles. The smallest absolute Gasteiger partial charge is 0.338 e. The third-order valence-electron chi connectivity index (χ3n) is 14.9. The Bertz CT molecular complexity index is 2020. The second-order valence-corrected chi connectivity index (χ2v) is 17.0. The van der Waals surface area contributed by atoms with Crippen LogP contribution in [-0.2, 0) is 57.3 Å². The molecule has 13 atom stereocenters. The maximum atomic E-state index is 14.5. The zero-order chi connectivity index (χ0) is 39.3. The third kappa shape index (κ3) is 4.45. The van der Waals surface area contributed by atoms with Crippen molar-refractivity contribution in [2.24, 2.45) is 46.8 Å². The average Bonchev–Trinajstić information content (AvgIpc) is 4.07. The lowest BCUT2D eigenvalue weighted by Crippen LogP contribution is -2.66. The Balaban J connectivity index is 1.29. The minimum Gasteiger partial charge on any atom is -0.466 e. The van der Waals surface area contributed by atoms with E-state index in [0.717, 1.165) is 7.11 Å². The number of carbonyl (C=O) groups excluding carboxylic acids is 6. The van der Waals surface area contributed by atoms with E-state index in [0.29, 0.717) is 18.4 Å². The lowest BCUT2D eigenvalue weighted by molar-refractivity contribution is -0.329. The van der Waals surface area contributed by atoms with Gasteiger partial charge in [-0.3, -0.25) is 14.8 Å². The lowest BCUT2D eigenvalue weighted by atomic mass is 9.44. The van der Waals surface area contributed by atoms with Crippen molar-refractivity contribution in [2.45, 2.75) is 81.9 Å². The van der Waals surface area contributed by atoms with Gasteiger partial charge in [-0.05, 0) is 85.8 Å². The van der Waals surface area contributed by atoms with Crippen molar-refractivity contribution < 1.29 is 77.9 Å². The highest BCUT2D eigenvalue weighted by Crippen LogP contribution is 2.82. The number of fused-ring (bicyclic) bond motifs is 7. The van der Waals surface area contributed by atoms with Crippen molar-refractivity contribution in [3.63, 3.8) is 0 Å². The van der Waals surface area contributed by atoms with Crippen LogP contribution < -0.4 is 0 Å². The second kappa shape index (κ2) is 11.7. The van der Waals surface area contributed by atoms with Crippen LogP contribution in [0.3, 0.4) is 0 Å². The number of hydrogen-bond acceptors (Lipinski definition) is 16. The van der Waals surface area contributed by atoms with E-state index < -0.39 is 114 Å². The van der Waals surface area contributed by atoms with Crippen LogP contribution in [0.15, 0.2) is 45.1 Å². The second-order valence-electron chi connectivity index (χ2n) is 17.0. The fourth-order valence-corrected chi connectivity index (χ4v) is 12.4. The number of rotatable bonds is 2. The lowest BCUT2D eigenvalue weighted by Gasteiger charge is -2.62. The summed E-state index contributed by atoms with van der Waals surface area (Å²) in [4.78, 5) is 86.3. The summed E-state index contributed by atoms with van der Waals surface area (Å²) < 4.78 is 27.9. The Morgan fingerprint density at radius 2 is 1.71 bits per heavy atom. The van der Waals surface area contributed by atoms with Crippen molar-refractivity contribution in [1.29, 1.82) is 0 Å². The number of hydrogen-bond donors (Lipinski definition) is 4. The number of carbonyl (C=O) groups is 6. The van der Waals surface area contributed by atoms with Gasteiger partial charge < -0.3 is 39.0 Å². The summed E-state index contributed by atoms with van der Waals surface area (Å²) in [5, 5.41) is 45.8. The first-order valence-corrected chi connectivity index (χ1v) is 18.6. The molecular formula is C39H42O16. The van der Waals surface area contributed by atoms with Gasteiger partial charge in [0.05, 0.1) is 19.1 Å². The maximum Gasteiger partial charge on any atom is 0.338 e. The van der Waals surface area contributed by atoms with Crippen LogP contribution >= 0.6 is 0 Å². The quantitative estimate of drug-likeness (QED) is 0.0988. The first-order chi connectivity index (χ1) is 26.0. The molecule has 0 aromatic rings. The van der Waals surface area contributed by atoms with Gasteiger partial charge in [-0.1, -0.05) is 6.92 Å². The molecule has 5 saturated carbocycles. The minimum absolute atomic E-state index is 0.0392. The molecular weight excluding hydrogens is 724 g/mol. The molecule has 55 heavy (non-hydrogen) atoms. The average molecular weight is 767 g/mol. The predicted molar refractivity (Wildman–Crippen MR) is 178 cm³/mol. The Hall–Kier alpha value is -4.22. The molecule has 2 aliphatic heterocycles. The van der Waals surface area contributed by atoms with Crippen LogP contribution in [0.4, 0.5) is 0 Å². The summed E-state index contributed by atoms with van der Waals surface area (Å²) in [6.45, 7) is 3.25. The van der Waals surface area contributed by atoms with Gasteiger partial charge in [-0.15, -0.1) is 0 Å². The Morgan fingerprint density at radius 3 is 2.42 bits per heavy atom. The number of methoxy groups -OCH3 is 1. The van der Waals surface area contributed by atoms with Crippen LogP contribution in [0.25, 0.3) is 0 Å². The van der Waals surface area contributed by atoms with Crippen LogP contribution in [0.5, 0.6) is 0 Å². The maximum absolute atomic E-state index is 14.5. The molecule has 294 valence electrons. The molecule has 16 heteroatoms. The van der Waals surface area contributed by atoms with E-state index in [2.05, 4.69) is 0 Å². The zero-order valence-electron chi connectivity index (χ0n) is 30.6. The zero-order valence-corrected chi connectivity index (χ0v) is 30.6. The Morgan fingerprint density at radius 1 is 0.964 bits per heavy atom. The van der Waals surface area contributed by atoms with E-state index in [9.17, 15) is 49.3 Å². The molecule has 9 rings (SSSR count). The number of ether oxygens (including phenoxy) is 5.